The Morgan fingerprint density at radius 2 is 1.76 bits per heavy atom. The molecule has 0 aliphatic carbocycles. The van der Waals surface area contributed by atoms with Crippen LogP contribution in [0.2, 0.25) is 0 Å². The molecular formula is C26H27F3N6O2. The molecule has 1 amide bonds. The van der Waals surface area contributed by atoms with E-state index >= 15 is 0 Å². The summed E-state index contributed by atoms with van der Waals surface area (Å²) in [5.74, 6) is 0.995. The van der Waals surface area contributed by atoms with E-state index in [-0.39, 0.29) is 18.4 Å². The zero-order valence-corrected chi connectivity index (χ0v) is 20.3. The Morgan fingerprint density at radius 1 is 1.00 bits per heavy atom. The van der Waals surface area contributed by atoms with Crippen LogP contribution in [0.25, 0.3) is 0 Å². The van der Waals surface area contributed by atoms with Gasteiger partial charge in [-0.3, -0.25) is 9.78 Å². The molecule has 1 N–H and O–H groups in total. The van der Waals surface area contributed by atoms with Crippen LogP contribution in [0.1, 0.15) is 36.6 Å². The van der Waals surface area contributed by atoms with Gasteiger partial charge in [0.2, 0.25) is 11.8 Å². The van der Waals surface area contributed by atoms with Crippen molar-refractivity contribution in [1.82, 2.24) is 20.1 Å². The molecule has 6 rings (SSSR count). The summed E-state index contributed by atoms with van der Waals surface area (Å²) >= 11 is 0. The number of benzene rings is 1. The number of piperidine rings is 2. The van der Waals surface area contributed by atoms with Crippen molar-refractivity contribution in [2.45, 2.75) is 51.2 Å². The van der Waals surface area contributed by atoms with Gasteiger partial charge in [-0.1, -0.05) is 18.2 Å². The summed E-state index contributed by atoms with van der Waals surface area (Å²) in [6.45, 7) is 3.92. The predicted molar refractivity (Wildman–Crippen MR) is 131 cm³/mol. The Bertz CT molecular complexity index is 1220. The molecule has 37 heavy (non-hydrogen) atoms. The maximum Gasteiger partial charge on any atom is 0.433 e. The van der Waals surface area contributed by atoms with E-state index in [4.69, 9.17) is 4.74 Å². The summed E-state index contributed by atoms with van der Waals surface area (Å²) in [6, 6.07) is 14.7. The van der Waals surface area contributed by atoms with Gasteiger partial charge in [-0.2, -0.15) is 13.2 Å². The fraction of sp³-hybridized carbons (Fsp3) is 0.385. The number of halogens is 3. The molecule has 3 aliphatic rings. The number of aromatic nitrogens is 3. The van der Waals surface area contributed by atoms with Gasteiger partial charge in [0, 0.05) is 62.2 Å². The number of rotatable bonds is 7. The van der Waals surface area contributed by atoms with Crippen molar-refractivity contribution in [2.75, 3.05) is 23.3 Å². The van der Waals surface area contributed by atoms with Crippen LogP contribution >= 0.6 is 0 Å². The van der Waals surface area contributed by atoms with Gasteiger partial charge in [0.1, 0.15) is 18.1 Å². The normalized spacial score (nSPS) is 19.1. The third kappa shape index (κ3) is 5.76. The molecular weight excluding hydrogens is 485 g/mol. The summed E-state index contributed by atoms with van der Waals surface area (Å²) in [5, 5.41) is 11.3. The smallest absolute Gasteiger partial charge is 0.433 e. The van der Waals surface area contributed by atoms with Gasteiger partial charge >= 0.3 is 6.18 Å². The van der Waals surface area contributed by atoms with Gasteiger partial charge < -0.3 is 19.9 Å². The lowest BCUT2D eigenvalue weighted by Crippen LogP contribution is -2.63. The first-order chi connectivity index (χ1) is 17.8. The number of anilines is 2. The third-order valence-electron chi connectivity index (χ3n) is 6.82. The Balaban J connectivity index is 1.10. The molecule has 2 aromatic heterocycles. The minimum atomic E-state index is -4.47. The van der Waals surface area contributed by atoms with Crippen LogP contribution in [0.4, 0.5) is 24.7 Å². The lowest BCUT2D eigenvalue weighted by atomic mass is 9.90. The first kappa shape index (κ1) is 24.8. The number of amides is 1. The van der Waals surface area contributed by atoms with Gasteiger partial charge in [0.15, 0.2) is 0 Å². The second-order valence-electron chi connectivity index (χ2n) is 9.32. The summed E-state index contributed by atoms with van der Waals surface area (Å²) in [5.41, 5.74) is 1.81. The summed E-state index contributed by atoms with van der Waals surface area (Å²) in [7, 11) is 0. The molecule has 2 unspecified atom stereocenters. The first-order valence-electron chi connectivity index (χ1n) is 12.1. The SMILES string of the molecule is CC(=O)N1CC2CCC1CN2c1ccc(CNc2ccc(OCc3ccc(C(F)(F)F)nc3)nn2)cc1. The van der Waals surface area contributed by atoms with E-state index in [0.717, 1.165) is 43.8 Å². The van der Waals surface area contributed by atoms with Crippen molar-refractivity contribution in [3.63, 3.8) is 0 Å². The quantitative estimate of drug-likeness (QED) is 0.506. The van der Waals surface area contributed by atoms with E-state index in [1.807, 2.05) is 4.90 Å². The molecule has 8 nitrogen and oxygen atoms in total. The predicted octanol–water partition coefficient (Wildman–Crippen LogP) is 4.28. The number of carbonyl (C=O) groups excluding carboxylic acids is 1. The van der Waals surface area contributed by atoms with Crippen LogP contribution in [0.15, 0.2) is 54.7 Å². The van der Waals surface area contributed by atoms with Crippen LogP contribution < -0.4 is 15.0 Å². The first-order valence-corrected chi connectivity index (χ1v) is 12.1. The zero-order valence-electron chi connectivity index (χ0n) is 20.3. The van der Waals surface area contributed by atoms with E-state index in [1.165, 1.54) is 11.8 Å². The van der Waals surface area contributed by atoms with Gasteiger partial charge in [0.05, 0.1) is 0 Å². The van der Waals surface area contributed by atoms with Gasteiger partial charge in [-0.15, -0.1) is 10.2 Å². The number of ether oxygens (including phenoxy) is 1. The summed E-state index contributed by atoms with van der Waals surface area (Å²) < 4.78 is 43.3. The lowest BCUT2D eigenvalue weighted by molar-refractivity contribution is -0.141. The molecule has 3 aromatic rings. The number of carbonyl (C=O) groups is 1. The maximum absolute atomic E-state index is 12.6. The Kier molecular flexibility index (Phi) is 6.86. The second kappa shape index (κ2) is 10.2. The highest BCUT2D eigenvalue weighted by Gasteiger charge is 2.40. The molecule has 5 heterocycles. The minimum Gasteiger partial charge on any atom is -0.472 e. The van der Waals surface area contributed by atoms with Crippen LogP contribution in [0.5, 0.6) is 5.88 Å². The average Bonchev–Trinajstić information content (AvgIpc) is 2.91. The second-order valence-corrected chi connectivity index (χ2v) is 9.32. The highest BCUT2D eigenvalue weighted by Crippen LogP contribution is 2.33. The molecule has 11 heteroatoms. The van der Waals surface area contributed by atoms with Crippen molar-refractivity contribution in [3.8, 4) is 5.88 Å². The number of nitrogens with zero attached hydrogens (tertiary/aromatic N) is 5. The number of piperazine rings is 1. The minimum absolute atomic E-state index is 0.0321. The topological polar surface area (TPSA) is 83.5 Å². The van der Waals surface area contributed by atoms with E-state index in [9.17, 15) is 18.0 Å². The number of nitrogens with one attached hydrogen (secondary N) is 1. The number of pyridine rings is 1. The molecule has 2 atom stereocenters. The molecule has 0 saturated carbocycles. The molecule has 0 spiro atoms. The monoisotopic (exact) mass is 512 g/mol. The number of fused-ring (bicyclic) bond motifs is 3. The molecule has 194 valence electrons. The van der Waals surface area contributed by atoms with Crippen molar-refractivity contribution in [1.29, 1.82) is 0 Å². The van der Waals surface area contributed by atoms with E-state index < -0.39 is 11.9 Å². The van der Waals surface area contributed by atoms with E-state index in [0.29, 0.717) is 30.0 Å². The molecule has 3 saturated heterocycles. The van der Waals surface area contributed by atoms with Crippen LogP contribution in [-0.4, -0.2) is 51.2 Å². The number of hydrogen-bond donors (Lipinski definition) is 1. The maximum atomic E-state index is 12.6. The van der Waals surface area contributed by atoms with Crippen molar-refractivity contribution in [3.05, 3.63) is 71.5 Å². The van der Waals surface area contributed by atoms with Crippen molar-refractivity contribution in [2.24, 2.45) is 0 Å². The lowest BCUT2D eigenvalue weighted by Gasteiger charge is -2.52. The highest BCUT2D eigenvalue weighted by atomic mass is 19.4. The Hall–Kier alpha value is -3.89. The van der Waals surface area contributed by atoms with Crippen LogP contribution in [0.3, 0.4) is 0 Å². The van der Waals surface area contributed by atoms with Gasteiger partial charge in [-0.25, -0.2) is 0 Å². The molecule has 0 radical (unpaired) electrons. The fourth-order valence-electron chi connectivity index (χ4n) is 4.85. The Labute approximate surface area is 212 Å². The fourth-order valence-corrected chi connectivity index (χ4v) is 4.85. The third-order valence-corrected chi connectivity index (χ3v) is 6.82. The molecule has 3 aliphatic heterocycles. The van der Waals surface area contributed by atoms with Crippen molar-refractivity contribution < 1.29 is 22.7 Å². The summed E-state index contributed by atoms with van der Waals surface area (Å²) in [6.07, 6.45) is -1.16. The largest absolute Gasteiger partial charge is 0.472 e. The average molecular weight is 513 g/mol. The van der Waals surface area contributed by atoms with Crippen LogP contribution in [0, 0.1) is 0 Å². The zero-order chi connectivity index (χ0) is 26.0. The molecule has 3 fully saturated rings. The van der Waals surface area contributed by atoms with E-state index in [1.54, 1.807) is 19.1 Å². The van der Waals surface area contributed by atoms with Crippen LogP contribution in [-0.2, 0) is 24.1 Å². The number of hydrogen-bond acceptors (Lipinski definition) is 7. The van der Waals surface area contributed by atoms with Crippen molar-refractivity contribution >= 4 is 17.4 Å². The van der Waals surface area contributed by atoms with Gasteiger partial charge in [-0.05, 0) is 42.7 Å². The number of alkyl halides is 3. The van der Waals surface area contributed by atoms with Gasteiger partial charge in [0.25, 0.3) is 0 Å². The van der Waals surface area contributed by atoms with E-state index in [2.05, 4.69) is 49.7 Å². The highest BCUT2D eigenvalue weighted by molar-refractivity contribution is 5.74. The summed E-state index contributed by atoms with van der Waals surface area (Å²) in [4.78, 5) is 19.7. The Morgan fingerprint density at radius 3 is 2.35 bits per heavy atom. The molecule has 1 aromatic carbocycles. The molecule has 2 bridgehead atoms. The standard InChI is InChI=1S/C26H27F3N6O2/c1-17(36)34-14-22-8-7-21(34)15-35(22)20-5-2-18(3-6-20)12-31-24-10-11-25(33-32-24)37-16-19-4-9-23(30-13-19)26(27,28)29/h2-6,9-11,13,21-22H,7-8,12,14-16H2,1H3,(H,31,32).